The number of hydrogen-bond donors (Lipinski definition) is 0. The van der Waals surface area contributed by atoms with E-state index < -0.39 is 0 Å². The molecule has 0 N–H and O–H groups in total. The third-order valence-corrected chi connectivity index (χ3v) is 3.02. The van der Waals surface area contributed by atoms with Gasteiger partial charge in [-0.15, -0.1) is 12.4 Å². The third-order valence-electron chi connectivity index (χ3n) is 3.02. The first-order chi connectivity index (χ1) is 7.42. The molecule has 0 amide bonds. The lowest BCUT2D eigenvalue weighted by Crippen LogP contribution is -1.96. The first-order valence-electron chi connectivity index (χ1n) is 5.05. The van der Waals surface area contributed by atoms with E-state index in [0.717, 1.165) is 17.4 Å². The van der Waals surface area contributed by atoms with Crippen molar-refractivity contribution in [1.82, 2.24) is 0 Å². The summed E-state index contributed by atoms with van der Waals surface area (Å²) in [7, 11) is 0. The molecule has 0 radical (unpaired) electrons. The highest BCUT2D eigenvalue weighted by Gasteiger charge is 2.26. The standard InChI is InChI=1S/C14H10O.ClH/c15-9-14-12-7-3-1-5-10(12)11-6-2-4-8-13(11)14;/h1-9,14H;1H. The molecule has 0 aromatic heterocycles. The average Bonchev–Trinajstić information content (AvgIpc) is 2.63. The molecule has 2 aromatic rings. The molecular weight excluding hydrogens is 220 g/mol. The summed E-state index contributed by atoms with van der Waals surface area (Å²) in [4.78, 5) is 11.1. The summed E-state index contributed by atoms with van der Waals surface area (Å²) >= 11 is 0. The van der Waals surface area contributed by atoms with E-state index in [2.05, 4.69) is 12.1 Å². The summed E-state index contributed by atoms with van der Waals surface area (Å²) in [6.45, 7) is 0. The lowest BCUT2D eigenvalue weighted by molar-refractivity contribution is -0.108. The van der Waals surface area contributed by atoms with Crippen molar-refractivity contribution in [3.05, 3.63) is 59.7 Å². The maximum absolute atomic E-state index is 11.1. The van der Waals surface area contributed by atoms with Crippen LogP contribution in [0.25, 0.3) is 11.1 Å². The predicted octanol–water partition coefficient (Wildman–Crippen LogP) is 3.42. The molecule has 0 fully saturated rings. The second-order valence-electron chi connectivity index (χ2n) is 3.79. The average molecular weight is 231 g/mol. The van der Waals surface area contributed by atoms with Gasteiger partial charge in [0.2, 0.25) is 0 Å². The molecule has 2 aromatic carbocycles. The van der Waals surface area contributed by atoms with Crippen LogP contribution in [-0.4, -0.2) is 6.29 Å². The van der Waals surface area contributed by atoms with Gasteiger partial charge in [0.25, 0.3) is 0 Å². The fraction of sp³-hybridized carbons (Fsp3) is 0.0714. The predicted molar refractivity (Wildman–Crippen MR) is 67.0 cm³/mol. The highest BCUT2D eigenvalue weighted by molar-refractivity contribution is 5.87. The highest BCUT2D eigenvalue weighted by Crippen LogP contribution is 2.43. The van der Waals surface area contributed by atoms with Gasteiger partial charge in [0.05, 0.1) is 5.92 Å². The van der Waals surface area contributed by atoms with Gasteiger partial charge < -0.3 is 4.79 Å². The van der Waals surface area contributed by atoms with Crippen LogP contribution in [0.5, 0.6) is 0 Å². The fourth-order valence-corrected chi connectivity index (χ4v) is 2.34. The molecule has 1 nitrogen and oxygen atoms in total. The van der Waals surface area contributed by atoms with Crippen molar-refractivity contribution < 1.29 is 4.79 Å². The van der Waals surface area contributed by atoms with E-state index in [0.29, 0.717) is 0 Å². The van der Waals surface area contributed by atoms with Crippen molar-refractivity contribution in [2.75, 3.05) is 0 Å². The van der Waals surface area contributed by atoms with Crippen molar-refractivity contribution >= 4 is 18.7 Å². The number of benzene rings is 2. The van der Waals surface area contributed by atoms with Gasteiger partial charge in [0.15, 0.2) is 0 Å². The van der Waals surface area contributed by atoms with Crippen LogP contribution in [0, 0.1) is 0 Å². The van der Waals surface area contributed by atoms with Gasteiger partial charge in [-0.05, 0) is 22.3 Å². The summed E-state index contributed by atoms with van der Waals surface area (Å²) < 4.78 is 0. The molecule has 0 spiro atoms. The van der Waals surface area contributed by atoms with E-state index in [1.165, 1.54) is 11.1 Å². The molecule has 3 rings (SSSR count). The van der Waals surface area contributed by atoms with Gasteiger partial charge in [0.1, 0.15) is 6.29 Å². The summed E-state index contributed by atoms with van der Waals surface area (Å²) in [5.74, 6) is -0.0719. The Bertz CT molecular complexity index is 488. The topological polar surface area (TPSA) is 17.1 Å². The van der Waals surface area contributed by atoms with E-state index in [9.17, 15) is 4.79 Å². The molecular formula is C14H11ClO. The minimum absolute atomic E-state index is 0. The van der Waals surface area contributed by atoms with Crippen LogP contribution in [0.3, 0.4) is 0 Å². The Hall–Kier alpha value is -1.60. The first-order valence-corrected chi connectivity index (χ1v) is 5.05. The summed E-state index contributed by atoms with van der Waals surface area (Å²) in [6.07, 6.45) is 1.03. The van der Waals surface area contributed by atoms with E-state index >= 15 is 0 Å². The Kier molecular flexibility index (Phi) is 2.80. The normalized spacial score (nSPS) is 12.5. The number of carbonyl (C=O) groups is 1. The zero-order valence-corrected chi connectivity index (χ0v) is 9.41. The fourth-order valence-electron chi connectivity index (χ4n) is 2.34. The van der Waals surface area contributed by atoms with Crippen LogP contribution in [-0.2, 0) is 4.79 Å². The van der Waals surface area contributed by atoms with Gasteiger partial charge in [-0.25, -0.2) is 0 Å². The molecule has 0 atom stereocenters. The Labute approximate surface area is 101 Å². The van der Waals surface area contributed by atoms with Gasteiger partial charge >= 0.3 is 0 Å². The SMILES string of the molecule is Cl.O=CC1c2ccccc2-c2ccccc21. The molecule has 0 saturated carbocycles. The lowest BCUT2D eigenvalue weighted by atomic mass is 9.99. The van der Waals surface area contributed by atoms with E-state index in [4.69, 9.17) is 0 Å². The molecule has 16 heavy (non-hydrogen) atoms. The van der Waals surface area contributed by atoms with Gasteiger partial charge in [-0.2, -0.15) is 0 Å². The minimum atomic E-state index is -0.0719. The number of fused-ring (bicyclic) bond motifs is 3. The Balaban J connectivity index is 0.000000963. The van der Waals surface area contributed by atoms with Crippen LogP contribution < -0.4 is 0 Å². The summed E-state index contributed by atoms with van der Waals surface area (Å²) in [5.41, 5.74) is 4.66. The largest absolute Gasteiger partial charge is 0.302 e. The van der Waals surface area contributed by atoms with Gasteiger partial charge in [-0.1, -0.05) is 48.5 Å². The quantitative estimate of drug-likeness (QED) is 0.686. The maximum Gasteiger partial charge on any atom is 0.131 e. The van der Waals surface area contributed by atoms with Crippen LogP contribution in [0.1, 0.15) is 17.0 Å². The van der Waals surface area contributed by atoms with Gasteiger partial charge in [-0.3, -0.25) is 0 Å². The van der Waals surface area contributed by atoms with Crippen LogP contribution >= 0.6 is 12.4 Å². The van der Waals surface area contributed by atoms with Crippen LogP contribution in [0.15, 0.2) is 48.5 Å². The van der Waals surface area contributed by atoms with E-state index in [1.54, 1.807) is 0 Å². The van der Waals surface area contributed by atoms with Crippen molar-refractivity contribution in [3.63, 3.8) is 0 Å². The first kappa shape index (κ1) is 10.9. The molecule has 1 aliphatic rings. The number of aldehydes is 1. The van der Waals surface area contributed by atoms with E-state index in [1.807, 2.05) is 36.4 Å². The summed E-state index contributed by atoms with van der Waals surface area (Å²) in [6, 6.07) is 16.2. The molecule has 0 bridgehead atoms. The zero-order valence-electron chi connectivity index (χ0n) is 8.59. The number of rotatable bonds is 1. The monoisotopic (exact) mass is 230 g/mol. The van der Waals surface area contributed by atoms with Crippen molar-refractivity contribution in [1.29, 1.82) is 0 Å². The Morgan fingerprint density at radius 2 is 1.25 bits per heavy atom. The second-order valence-corrected chi connectivity index (χ2v) is 3.79. The number of hydrogen-bond acceptors (Lipinski definition) is 1. The Morgan fingerprint density at radius 3 is 1.69 bits per heavy atom. The zero-order chi connectivity index (χ0) is 10.3. The molecule has 0 heterocycles. The van der Waals surface area contributed by atoms with Crippen molar-refractivity contribution in [3.8, 4) is 11.1 Å². The van der Waals surface area contributed by atoms with Crippen molar-refractivity contribution in [2.24, 2.45) is 0 Å². The number of carbonyl (C=O) groups excluding carboxylic acids is 1. The van der Waals surface area contributed by atoms with Crippen molar-refractivity contribution in [2.45, 2.75) is 5.92 Å². The molecule has 0 aliphatic heterocycles. The maximum atomic E-state index is 11.1. The third kappa shape index (κ3) is 1.36. The molecule has 1 aliphatic carbocycles. The second kappa shape index (κ2) is 4.11. The molecule has 0 saturated heterocycles. The minimum Gasteiger partial charge on any atom is -0.302 e. The van der Waals surface area contributed by atoms with Crippen LogP contribution in [0.4, 0.5) is 0 Å². The smallest absolute Gasteiger partial charge is 0.131 e. The van der Waals surface area contributed by atoms with Gasteiger partial charge in [0, 0.05) is 0 Å². The molecule has 2 heteroatoms. The Morgan fingerprint density at radius 1 is 0.812 bits per heavy atom. The summed E-state index contributed by atoms with van der Waals surface area (Å²) in [5, 5.41) is 0. The lowest BCUT2D eigenvalue weighted by Gasteiger charge is -2.03. The number of halogens is 1. The molecule has 0 unspecified atom stereocenters. The molecule has 80 valence electrons. The highest BCUT2D eigenvalue weighted by atomic mass is 35.5. The van der Waals surface area contributed by atoms with E-state index in [-0.39, 0.29) is 18.3 Å². The van der Waals surface area contributed by atoms with Crippen LogP contribution in [0.2, 0.25) is 0 Å².